The number of amides is 3. The molecule has 12 nitrogen and oxygen atoms in total. The normalized spacial score (nSPS) is 17.6. The number of pyridine rings is 1. The van der Waals surface area contributed by atoms with Crippen LogP contribution >= 0.6 is 0 Å². The third kappa shape index (κ3) is 5.49. The molecule has 0 spiro atoms. The van der Waals surface area contributed by atoms with Crippen LogP contribution < -0.4 is 10.5 Å². The van der Waals surface area contributed by atoms with E-state index in [1.54, 1.807) is 34.9 Å². The SMILES string of the molecule is CCOC(=O)N1CCN(C(=O)C(CCC(=O)OC)c2nc3cccc(C(N)=O)c3c(C3CO3)c2OC)CC1. The number of rotatable bonds is 9. The van der Waals surface area contributed by atoms with E-state index in [2.05, 4.69) is 0 Å². The highest BCUT2D eigenvalue weighted by Gasteiger charge is 2.38. The lowest BCUT2D eigenvalue weighted by atomic mass is 9.91. The lowest BCUT2D eigenvalue weighted by Crippen LogP contribution is -2.51. The average Bonchev–Trinajstić information content (AvgIpc) is 3.77. The first kappa shape index (κ1) is 27.1. The lowest BCUT2D eigenvalue weighted by molar-refractivity contribution is -0.141. The molecule has 0 aliphatic carbocycles. The van der Waals surface area contributed by atoms with E-state index in [0.29, 0.717) is 60.7 Å². The monoisotopic (exact) mass is 528 g/mol. The van der Waals surface area contributed by atoms with E-state index in [-0.39, 0.29) is 37.0 Å². The van der Waals surface area contributed by atoms with Crippen LogP contribution in [0.25, 0.3) is 10.9 Å². The van der Waals surface area contributed by atoms with Gasteiger partial charge in [-0.3, -0.25) is 14.4 Å². The van der Waals surface area contributed by atoms with Gasteiger partial charge in [-0.05, 0) is 25.5 Å². The molecule has 1 aromatic carbocycles. The first-order valence-electron chi connectivity index (χ1n) is 12.5. The van der Waals surface area contributed by atoms with Crippen LogP contribution in [0.15, 0.2) is 18.2 Å². The molecule has 1 aromatic heterocycles. The van der Waals surface area contributed by atoms with Crippen molar-refractivity contribution in [2.45, 2.75) is 31.8 Å². The summed E-state index contributed by atoms with van der Waals surface area (Å²) < 4.78 is 21.3. The average molecular weight is 529 g/mol. The predicted molar refractivity (Wildman–Crippen MR) is 135 cm³/mol. The van der Waals surface area contributed by atoms with Gasteiger partial charge in [0, 0.05) is 49.1 Å². The van der Waals surface area contributed by atoms with E-state index in [1.807, 2.05) is 0 Å². The minimum Gasteiger partial charge on any atom is -0.494 e. The molecule has 2 fully saturated rings. The molecular weight excluding hydrogens is 496 g/mol. The third-order valence-corrected chi connectivity index (χ3v) is 6.77. The van der Waals surface area contributed by atoms with Gasteiger partial charge >= 0.3 is 12.1 Å². The predicted octanol–water partition coefficient (Wildman–Crippen LogP) is 1.75. The molecule has 38 heavy (non-hydrogen) atoms. The number of methoxy groups -OCH3 is 2. The van der Waals surface area contributed by atoms with Crippen LogP contribution in [0.5, 0.6) is 5.75 Å². The third-order valence-electron chi connectivity index (χ3n) is 6.77. The number of esters is 1. The largest absolute Gasteiger partial charge is 0.494 e. The minimum absolute atomic E-state index is 0.0187. The Hall–Kier alpha value is -3.93. The van der Waals surface area contributed by atoms with Crippen molar-refractivity contribution in [3.63, 3.8) is 0 Å². The zero-order chi connectivity index (χ0) is 27.4. The Morgan fingerprint density at radius 2 is 1.82 bits per heavy atom. The maximum atomic E-state index is 13.9. The van der Waals surface area contributed by atoms with E-state index in [4.69, 9.17) is 29.7 Å². The molecule has 4 rings (SSSR count). The topological polar surface area (TPSA) is 154 Å². The van der Waals surface area contributed by atoms with Crippen LogP contribution in [-0.4, -0.2) is 92.3 Å². The minimum atomic E-state index is -0.850. The first-order chi connectivity index (χ1) is 18.3. The van der Waals surface area contributed by atoms with E-state index < -0.39 is 23.9 Å². The molecule has 2 saturated heterocycles. The van der Waals surface area contributed by atoms with Crippen molar-refractivity contribution in [2.24, 2.45) is 5.73 Å². The molecule has 0 radical (unpaired) electrons. The quantitative estimate of drug-likeness (QED) is 0.379. The van der Waals surface area contributed by atoms with Crippen LogP contribution in [0.1, 0.15) is 53.4 Å². The molecule has 3 heterocycles. The molecule has 2 unspecified atom stereocenters. The maximum absolute atomic E-state index is 13.9. The Balaban J connectivity index is 1.75. The number of carbonyl (C=O) groups is 4. The van der Waals surface area contributed by atoms with Gasteiger partial charge in [0.2, 0.25) is 11.8 Å². The van der Waals surface area contributed by atoms with Crippen molar-refractivity contribution in [2.75, 3.05) is 53.6 Å². The summed E-state index contributed by atoms with van der Waals surface area (Å²) in [5.41, 5.74) is 7.34. The lowest BCUT2D eigenvalue weighted by Gasteiger charge is -2.36. The van der Waals surface area contributed by atoms with Crippen LogP contribution in [0.2, 0.25) is 0 Å². The fourth-order valence-electron chi connectivity index (χ4n) is 4.81. The summed E-state index contributed by atoms with van der Waals surface area (Å²) in [5, 5.41) is 0.519. The molecular formula is C26H32N4O8. The standard InChI is InChI=1S/C26H32N4O8/c1-4-37-26(34)30-12-10-29(11-13-30)25(33)16(8-9-19(31)35-2)22-23(36-3)21(18-14-38-18)20-15(24(27)32)6-5-7-17(20)28-22/h5-7,16,18H,4,8-14H2,1-3H3,(H2,27,32). The second kappa shape index (κ2) is 11.6. The highest BCUT2D eigenvalue weighted by Crippen LogP contribution is 2.46. The summed E-state index contributed by atoms with van der Waals surface area (Å²) in [5.74, 6) is -1.86. The van der Waals surface area contributed by atoms with Gasteiger partial charge in [0.1, 0.15) is 11.9 Å². The highest BCUT2D eigenvalue weighted by atomic mass is 16.6. The number of carbonyl (C=O) groups excluding carboxylic acids is 4. The van der Waals surface area contributed by atoms with Gasteiger partial charge < -0.3 is 34.5 Å². The van der Waals surface area contributed by atoms with E-state index in [1.165, 1.54) is 14.2 Å². The van der Waals surface area contributed by atoms with Gasteiger partial charge in [0.15, 0.2) is 0 Å². The van der Waals surface area contributed by atoms with Crippen molar-refractivity contribution in [1.82, 2.24) is 14.8 Å². The zero-order valence-corrected chi connectivity index (χ0v) is 21.7. The number of ether oxygens (including phenoxy) is 4. The van der Waals surface area contributed by atoms with Crippen LogP contribution in [0.3, 0.4) is 0 Å². The van der Waals surface area contributed by atoms with Gasteiger partial charge in [-0.15, -0.1) is 0 Å². The van der Waals surface area contributed by atoms with Gasteiger partial charge in [-0.1, -0.05) is 6.07 Å². The van der Waals surface area contributed by atoms with E-state index >= 15 is 0 Å². The molecule has 3 amide bonds. The van der Waals surface area contributed by atoms with Crippen molar-refractivity contribution in [3.05, 3.63) is 35.0 Å². The summed E-state index contributed by atoms with van der Waals surface area (Å²) in [7, 11) is 2.75. The number of primary amides is 1. The summed E-state index contributed by atoms with van der Waals surface area (Å²) in [4.78, 5) is 58.3. The molecule has 2 aromatic rings. The number of fused-ring (bicyclic) bond motifs is 1. The van der Waals surface area contributed by atoms with Crippen molar-refractivity contribution < 1.29 is 38.1 Å². The summed E-state index contributed by atoms with van der Waals surface area (Å²) >= 11 is 0. The highest BCUT2D eigenvalue weighted by molar-refractivity contribution is 6.07. The summed E-state index contributed by atoms with van der Waals surface area (Å²) in [6, 6.07) is 5.01. The molecule has 12 heteroatoms. The molecule has 2 aliphatic rings. The number of benzene rings is 1. The van der Waals surface area contributed by atoms with Crippen LogP contribution in [-0.2, 0) is 23.8 Å². The Labute approximate surface area is 219 Å². The van der Waals surface area contributed by atoms with Gasteiger partial charge in [0.25, 0.3) is 0 Å². The number of epoxide rings is 1. The van der Waals surface area contributed by atoms with Crippen LogP contribution in [0, 0.1) is 0 Å². The van der Waals surface area contributed by atoms with Gasteiger partial charge in [-0.25, -0.2) is 9.78 Å². The Morgan fingerprint density at radius 3 is 2.39 bits per heavy atom. The van der Waals surface area contributed by atoms with Crippen molar-refractivity contribution >= 4 is 34.8 Å². The van der Waals surface area contributed by atoms with E-state index in [0.717, 1.165) is 0 Å². The molecule has 2 aliphatic heterocycles. The van der Waals surface area contributed by atoms with Crippen LogP contribution in [0.4, 0.5) is 4.79 Å². The Bertz CT molecular complexity index is 1240. The molecule has 2 atom stereocenters. The summed E-state index contributed by atoms with van der Waals surface area (Å²) in [6.07, 6.45) is -0.660. The Morgan fingerprint density at radius 1 is 1.13 bits per heavy atom. The number of aromatic nitrogens is 1. The fraction of sp³-hybridized carbons (Fsp3) is 0.500. The zero-order valence-electron chi connectivity index (χ0n) is 21.7. The van der Waals surface area contributed by atoms with Crippen molar-refractivity contribution in [1.29, 1.82) is 0 Å². The number of hydrogen-bond acceptors (Lipinski definition) is 9. The summed E-state index contributed by atoms with van der Waals surface area (Å²) in [6.45, 7) is 3.66. The molecule has 0 saturated carbocycles. The molecule has 2 N–H and O–H groups in total. The van der Waals surface area contributed by atoms with E-state index in [9.17, 15) is 19.2 Å². The first-order valence-corrected chi connectivity index (χ1v) is 12.5. The smallest absolute Gasteiger partial charge is 0.409 e. The fourth-order valence-corrected chi connectivity index (χ4v) is 4.81. The van der Waals surface area contributed by atoms with Gasteiger partial charge in [0.05, 0.1) is 44.6 Å². The second-order valence-electron chi connectivity index (χ2n) is 9.01. The number of hydrogen-bond donors (Lipinski definition) is 1. The molecule has 0 bridgehead atoms. The Kier molecular flexibility index (Phi) is 8.30. The second-order valence-corrected chi connectivity index (χ2v) is 9.01. The number of nitrogens with zero attached hydrogens (tertiary/aromatic N) is 3. The van der Waals surface area contributed by atoms with Gasteiger partial charge in [-0.2, -0.15) is 0 Å². The molecule has 204 valence electrons. The maximum Gasteiger partial charge on any atom is 0.409 e. The van der Waals surface area contributed by atoms with Crippen molar-refractivity contribution in [3.8, 4) is 5.75 Å². The number of nitrogens with two attached hydrogens (primary N) is 1. The number of piperazine rings is 1.